The Labute approximate surface area is 125 Å². The first-order valence-electron chi connectivity index (χ1n) is 6.95. The van der Waals surface area contributed by atoms with E-state index in [0.717, 1.165) is 22.6 Å². The number of carbonyl (C=O) groups is 1. The van der Waals surface area contributed by atoms with E-state index in [-0.39, 0.29) is 6.03 Å². The molecule has 4 heteroatoms. The average Bonchev–Trinajstić information content (AvgIpc) is 2.48. The van der Waals surface area contributed by atoms with E-state index < -0.39 is 0 Å². The van der Waals surface area contributed by atoms with Gasteiger partial charge in [-0.25, -0.2) is 4.79 Å². The maximum Gasteiger partial charge on any atom is 0.319 e. The maximum absolute atomic E-state index is 11.7. The van der Waals surface area contributed by atoms with Crippen molar-refractivity contribution in [2.24, 2.45) is 0 Å². The number of para-hydroxylation sites is 1. The van der Waals surface area contributed by atoms with Gasteiger partial charge in [-0.1, -0.05) is 30.3 Å². The van der Waals surface area contributed by atoms with Gasteiger partial charge in [-0.05, 0) is 43.2 Å². The smallest absolute Gasteiger partial charge is 0.319 e. The predicted octanol–water partition coefficient (Wildman–Crippen LogP) is 3.50. The molecule has 110 valence electrons. The van der Waals surface area contributed by atoms with Crippen LogP contribution >= 0.6 is 0 Å². The van der Waals surface area contributed by atoms with Crippen molar-refractivity contribution < 1.29 is 9.53 Å². The first-order chi connectivity index (χ1) is 10.1. The fourth-order valence-electron chi connectivity index (χ4n) is 1.89. The number of carbonyl (C=O) groups excluding carboxylic acids is 1. The van der Waals surface area contributed by atoms with Crippen molar-refractivity contribution in [2.45, 2.75) is 13.8 Å². The highest BCUT2D eigenvalue weighted by atomic mass is 16.5. The van der Waals surface area contributed by atoms with Crippen LogP contribution in [-0.2, 0) is 0 Å². The zero-order chi connectivity index (χ0) is 15.1. The highest BCUT2D eigenvalue weighted by Gasteiger charge is 2.02. The van der Waals surface area contributed by atoms with Gasteiger partial charge in [-0.3, -0.25) is 0 Å². The van der Waals surface area contributed by atoms with Gasteiger partial charge in [-0.2, -0.15) is 0 Å². The Balaban J connectivity index is 1.72. The van der Waals surface area contributed by atoms with Crippen molar-refractivity contribution in [3.63, 3.8) is 0 Å². The Kier molecular flexibility index (Phi) is 5.21. The zero-order valence-corrected chi connectivity index (χ0v) is 12.3. The van der Waals surface area contributed by atoms with Crippen LogP contribution in [0, 0.1) is 13.8 Å². The minimum atomic E-state index is -0.231. The molecule has 4 nitrogen and oxygen atoms in total. The van der Waals surface area contributed by atoms with E-state index >= 15 is 0 Å². The van der Waals surface area contributed by atoms with E-state index in [2.05, 4.69) is 10.6 Å². The summed E-state index contributed by atoms with van der Waals surface area (Å²) >= 11 is 0. The summed E-state index contributed by atoms with van der Waals surface area (Å²) in [4.78, 5) is 11.7. The molecule has 0 atom stereocenters. The molecule has 2 aromatic rings. The van der Waals surface area contributed by atoms with E-state index in [1.807, 2.05) is 62.4 Å². The van der Waals surface area contributed by atoms with E-state index in [9.17, 15) is 4.79 Å². The second-order valence-corrected chi connectivity index (χ2v) is 4.86. The van der Waals surface area contributed by atoms with Crippen LogP contribution in [0.1, 0.15) is 11.1 Å². The Bertz CT molecular complexity index is 597. The molecular weight excluding hydrogens is 264 g/mol. The van der Waals surface area contributed by atoms with E-state index in [0.29, 0.717) is 13.2 Å². The second kappa shape index (κ2) is 7.33. The molecule has 2 N–H and O–H groups in total. The molecule has 0 unspecified atom stereocenters. The maximum atomic E-state index is 11.7. The van der Waals surface area contributed by atoms with Crippen molar-refractivity contribution in [3.05, 3.63) is 59.7 Å². The minimum Gasteiger partial charge on any atom is -0.491 e. The van der Waals surface area contributed by atoms with Crippen LogP contribution in [0.5, 0.6) is 5.75 Å². The highest BCUT2D eigenvalue weighted by molar-refractivity contribution is 5.89. The molecule has 0 fully saturated rings. The summed E-state index contributed by atoms with van der Waals surface area (Å²) in [6.07, 6.45) is 0. The molecule has 0 saturated heterocycles. The van der Waals surface area contributed by atoms with Crippen molar-refractivity contribution in [1.82, 2.24) is 5.32 Å². The molecule has 0 saturated carbocycles. The number of hydrogen-bond acceptors (Lipinski definition) is 2. The number of ether oxygens (including phenoxy) is 1. The lowest BCUT2D eigenvalue weighted by atomic mass is 10.1. The topological polar surface area (TPSA) is 50.4 Å². The van der Waals surface area contributed by atoms with Crippen molar-refractivity contribution >= 4 is 11.7 Å². The van der Waals surface area contributed by atoms with E-state index in [4.69, 9.17) is 4.74 Å². The quantitative estimate of drug-likeness (QED) is 0.826. The van der Waals surface area contributed by atoms with Gasteiger partial charge in [0, 0.05) is 5.69 Å². The summed E-state index contributed by atoms with van der Waals surface area (Å²) in [6.45, 7) is 4.92. The SMILES string of the molecule is Cc1ccc(C)c(OCCNC(=O)Nc2ccccc2)c1. The number of amides is 2. The van der Waals surface area contributed by atoms with Gasteiger partial charge in [0.15, 0.2) is 0 Å². The fraction of sp³-hybridized carbons (Fsp3) is 0.235. The zero-order valence-electron chi connectivity index (χ0n) is 12.3. The van der Waals surface area contributed by atoms with Crippen LogP contribution in [0.4, 0.5) is 10.5 Å². The van der Waals surface area contributed by atoms with Gasteiger partial charge in [0.2, 0.25) is 0 Å². The lowest BCUT2D eigenvalue weighted by molar-refractivity contribution is 0.247. The Hall–Kier alpha value is -2.49. The van der Waals surface area contributed by atoms with Crippen LogP contribution in [0.25, 0.3) is 0 Å². The second-order valence-electron chi connectivity index (χ2n) is 4.86. The standard InChI is InChI=1S/C17H20N2O2/c1-13-8-9-14(2)16(12-13)21-11-10-18-17(20)19-15-6-4-3-5-7-15/h3-9,12H,10-11H2,1-2H3,(H2,18,19,20). The molecule has 2 amide bonds. The average molecular weight is 284 g/mol. The monoisotopic (exact) mass is 284 g/mol. The summed E-state index contributed by atoms with van der Waals surface area (Å²) in [5.74, 6) is 0.861. The van der Waals surface area contributed by atoms with Crippen molar-refractivity contribution in [3.8, 4) is 5.75 Å². The lowest BCUT2D eigenvalue weighted by Gasteiger charge is -2.11. The lowest BCUT2D eigenvalue weighted by Crippen LogP contribution is -2.32. The number of rotatable bonds is 5. The number of urea groups is 1. The van der Waals surface area contributed by atoms with Gasteiger partial charge in [0.1, 0.15) is 12.4 Å². The highest BCUT2D eigenvalue weighted by Crippen LogP contribution is 2.18. The summed E-state index contributed by atoms with van der Waals surface area (Å²) in [6, 6.07) is 15.2. The summed E-state index contributed by atoms with van der Waals surface area (Å²) in [7, 11) is 0. The first-order valence-corrected chi connectivity index (χ1v) is 6.95. The number of benzene rings is 2. The first kappa shape index (κ1) is 14.9. The molecule has 0 aromatic heterocycles. The molecule has 0 aliphatic carbocycles. The van der Waals surface area contributed by atoms with E-state index in [1.54, 1.807) is 0 Å². The third-order valence-corrected chi connectivity index (χ3v) is 3.02. The molecule has 0 radical (unpaired) electrons. The Morgan fingerprint density at radius 3 is 2.62 bits per heavy atom. The molecule has 0 bridgehead atoms. The van der Waals surface area contributed by atoms with Gasteiger partial charge < -0.3 is 15.4 Å². The van der Waals surface area contributed by atoms with Crippen LogP contribution in [0.15, 0.2) is 48.5 Å². The Morgan fingerprint density at radius 2 is 1.86 bits per heavy atom. The normalized spacial score (nSPS) is 10.0. The predicted molar refractivity (Wildman–Crippen MR) is 84.9 cm³/mol. The van der Waals surface area contributed by atoms with Crippen LogP contribution in [0.3, 0.4) is 0 Å². The number of aryl methyl sites for hydroxylation is 2. The number of anilines is 1. The van der Waals surface area contributed by atoms with Crippen LogP contribution in [0.2, 0.25) is 0 Å². The van der Waals surface area contributed by atoms with Crippen molar-refractivity contribution in [1.29, 1.82) is 0 Å². The molecule has 0 aliphatic rings. The molecular formula is C17H20N2O2. The Morgan fingerprint density at radius 1 is 1.10 bits per heavy atom. The molecule has 21 heavy (non-hydrogen) atoms. The largest absolute Gasteiger partial charge is 0.491 e. The third-order valence-electron chi connectivity index (χ3n) is 3.02. The summed E-state index contributed by atoms with van der Waals surface area (Å²) in [5.41, 5.74) is 3.02. The molecule has 0 heterocycles. The van der Waals surface area contributed by atoms with Gasteiger partial charge in [0.05, 0.1) is 6.54 Å². The summed E-state index contributed by atoms with van der Waals surface area (Å²) < 4.78 is 5.68. The summed E-state index contributed by atoms with van der Waals surface area (Å²) in [5, 5.41) is 5.52. The molecule has 0 aliphatic heterocycles. The number of nitrogens with one attached hydrogen (secondary N) is 2. The fourth-order valence-corrected chi connectivity index (χ4v) is 1.89. The molecule has 2 rings (SSSR count). The van der Waals surface area contributed by atoms with E-state index in [1.165, 1.54) is 0 Å². The van der Waals surface area contributed by atoms with Crippen LogP contribution in [-0.4, -0.2) is 19.2 Å². The van der Waals surface area contributed by atoms with Gasteiger partial charge >= 0.3 is 6.03 Å². The van der Waals surface area contributed by atoms with Crippen molar-refractivity contribution in [2.75, 3.05) is 18.5 Å². The molecule has 0 spiro atoms. The minimum absolute atomic E-state index is 0.231. The number of hydrogen-bond donors (Lipinski definition) is 2. The van der Waals surface area contributed by atoms with Gasteiger partial charge in [-0.15, -0.1) is 0 Å². The molecule has 2 aromatic carbocycles. The van der Waals surface area contributed by atoms with Crippen LogP contribution < -0.4 is 15.4 Å². The third kappa shape index (κ3) is 4.84. The van der Waals surface area contributed by atoms with Gasteiger partial charge in [0.25, 0.3) is 0 Å².